The van der Waals surface area contributed by atoms with Gasteiger partial charge in [0.1, 0.15) is 5.75 Å². The lowest BCUT2D eigenvalue weighted by atomic mass is 9.91. The summed E-state index contributed by atoms with van der Waals surface area (Å²) in [6.07, 6.45) is 3.98. The van der Waals surface area contributed by atoms with Gasteiger partial charge in [-0.15, -0.1) is 12.4 Å². The first kappa shape index (κ1) is 19.5. The van der Waals surface area contributed by atoms with Gasteiger partial charge in [-0.25, -0.2) is 0 Å². The van der Waals surface area contributed by atoms with E-state index in [1.165, 1.54) is 0 Å². The lowest BCUT2D eigenvalue weighted by Crippen LogP contribution is -2.43. The van der Waals surface area contributed by atoms with Gasteiger partial charge in [-0.2, -0.15) is 0 Å². The predicted octanol–water partition coefficient (Wildman–Crippen LogP) is 1.86. The summed E-state index contributed by atoms with van der Waals surface area (Å²) in [5, 5.41) is 3.10. The molecule has 0 aromatic heterocycles. The van der Waals surface area contributed by atoms with Crippen molar-refractivity contribution in [2.24, 2.45) is 11.7 Å². The molecule has 138 valence electrons. The third-order valence-electron chi connectivity index (χ3n) is 4.99. The Bertz CT molecular complexity index is 617. The fourth-order valence-electron chi connectivity index (χ4n) is 3.55. The molecule has 0 radical (unpaired) electrons. The number of para-hydroxylation sites is 2. The van der Waals surface area contributed by atoms with Crippen LogP contribution in [0.1, 0.15) is 32.1 Å². The molecule has 1 aromatic rings. The van der Waals surface area contributed by atoms with E-state index < -0.39 is 0 Å². The number of ether oxygens (including phenoxy) is 1. The van der Waals surface area contributed by atoms with Crippen LogP contribution in [0, 0.1) is 5.92 Å². The van der Waals surface area contributed by atoms with Crippen LogP contribution < -0.4 is 20.7 Å². The molecule has 6 nitrogen and oxygen atoms in total. The molecule has 2 fully saturated rings. The molecule has 1 heterocycles. The molecule has 2 aliphatic rings. The summed E-state index contributed by atoms with van der Waals surface area (Å²) in [5.41, 5.74) is 6.63. The molecule has 3 N–H and O–H groups in total. The third-order valence-corrected chi connectivity index (χ3v) is 4.99. The largest absolute Gasteiger partial charge is 0.495 e. The molecule has 1 aliphatic heterocycles. The second kappa shape index (κ2) is 8.54. The van der Waals surface area contributed by atoms with Crippen molar-refractivity contribution in [2.45, 2.75) is 44.2 Å². The van der Waals surface area contributed by atoms with Gasteiger partial charge in [-0.05, 0) is 37.8 Å². The molecule has 1 unspecified atom stereocenters. The Hall–Kier alpha value is -1.79. The van der Waals surface area contributed by atoms with E-state index in [0.29, 0.717) is 12.3 Å². The monoisotopic (exact) mass is 367 g/mol. The van der Waals surface area contributed by atoms with Crippen LogP contribution >= 0.6 is 12.4 Å². The molecule has 25 heavy (non-hydrogen) atoms. The summed E-state index contributed by atoms with van der Waals surface area (Å²) < 4.78 is 5.33. The second-order valence-electron chi connectivity index (χ2n) is 6.70. The van der Waals surface area contributed by atoms with Crippen molar-refractivity contribution in [1.29, 1.82) is 0 Å². The standard InChI is InChI=1S/C18H25N3O3.ClH/c1-24-16-5-3-2-4-15(16)21-11-12(10-17(21)22)18(23)20-14-8-6-13(19)7-9-14;/h2-5,12-14H,6-11,19H2,1H3,(H,20,23);1H. The number of hydrogen-bond donors (Lipinski definition) is 2. The zero-order valence-electron chi connectivity index (χ0n) is 14.4. The zero-order valence-corrected chi connectivity index (χ0v) is 15.3. The van der Waals surface area contributed by atoms with Gasteiger partial charge in [0, 0.05) is 25.0 Å². The summed E-state index contributed by atoms with van der Waals surface area (Å²) >= 11 is 0. The molecular weight excluding hydrogens is 342 g/mol. The number of nitrogens with zero attached hydrogens (tertiary/aromatic N) is 1. The van der Waals surface area contributed by atoms with E-state index in [2.05, 4.69) is 5.32 Å². The van der Waals surface area contributed by atoms with Gasteiger partial charge in [-0.1, -0.05) is 12.1 Å². The second-order valence-corrected chi connectivity index (χ2v) is 6.70. The summed E-state index contributed by atoms with van der Waals surface area (Å²) in [4.78, 5) is 26.5. The van der Waals surface area contributed by atoms with Crippen molar-refractivity contribution in [3.05, 3.63) is 24.3 Å². The van der Waals surface area contributed by atoms with Crippen molar-refractivity contribution in [3.8, 4) is 5.75 Å². The minimum atomic E-state index is -0.307. The minimum absolute atomic E-state index is 0. The molecule has 7 heteroatoms. The van der Waals surface area contributed by atoms with E-state index in [1.54, 1.807) is 12.0 Å². The fraction of sp³-hybridized carbons (Fsp3) is 0.556. The topological polar surface area (TPSA) is 84.7 Å². The number of amides is 2. The van der Waals surface area contributed by atoms with Crippen molar-refractivity contribution in [3.63, 3.8) is 0 Å². The van der Waals surface area contributed by atoms with Crippen LogP contribution in [0.3, 0.4) is 0 Å². The highest BCUT2D eigenvalue weighted by molar-refractivity contribution is 6.01. The maximum Gasteiger partial charge on any atom is 0.227 e. The van der Waals surface area contributed by atoms with Crippen molar-refractivity contribution in [1.82, 2.24) is 5.32 Å². The van der Waals surface area contributed by atoms with Crippen LogP contribution in [-0.4, -0.2) is 37.6 Å². The van der Waals surface area contributed by atoms with E-state index in [0.717, 1.165) is 31.4 Å². The Kier molecular flexibility index (Phi) is 6.67. The minimum Gasteiger partial charge on any atom is -0.495 e. The van der Waals surface area contributed by atoms with Crippen LogP contribution in [0.4, 0.5) is 5.69 Å². The van der Waals surface area contributed by atoms with Gasteiger partial charge in [0.15, 0.2) is 0 Å². The number of rotatable bonds is 4. The number of carbonyl (C=O) groups is 2. The number of methoxy groups -OCH3 is 1. The van der Waals surface area contributed by atoms with Gasteiger partial charge in [-0.3, -0.25) is 9.59 Å². The predicted molar refractivity (Wildman–Crippen MR) is 99.1 cm³/mol. The number of benzene rings is 1. The van der Waals surface area contributed by atoms with E-state index in [-0.39, 0.29) is 48.6 Å². The number of anilines is 1. The lowest BCUT2D eigenvalue weighted by Gasteiger charge is -2.27. The highest BCUT2D eigenvalue weighted by Crippen LogP contribution is 2.33. The first-order valence-corrected chi connectivity index (χ1v) is 8.58. The molecule has 0 bridgehead atoms. The SMILES string of the molecule is COc1ccccc1N1CC(C(=O)NC2CCC(N)CC2)CC1=O.Cl. The van der Waals surface area contributed by atoms with Crippen LogP contribution in [0.5, 0.6) is 5.75 Å². The van der Waals surface area contributed by atoms with Gasteiger partial charge >= 0.3 is 0 Å². The smallest absolute Gasteiger partial charge is 0.227 e. The molecule has 1 saturated heterocycles. The van der Waals surface area contributed by atoms with Gasteiger partial charge in [0.05, 0.1) is 18.7 Å². The Morgan fingerprint density at radius 1 is 1.24 bits per heavy atom. The highest BCUT2D eigenvalue weighted by atomic mass is 35.5. The van der Waals surface area contributed by atoms with Crippen LogP contribution in [0.15, 0.2) is 24.3 Å². The third kappa shape index (κ3) is 4.44. The summed E-state index contributed by atoms with van der Waals surface area (Å²) in [6.45, 7) is 0.400. The summed E-state index contributed by atoms with van der Waals surface area (Å²) in [6, 6.07) is 7.84. The van der Waals surface area contributed by atoms with E-state index in [4.69, 9.17) is 10.5 Å². The Labute approximate surface area is 154 Å². The van der Waals surface area contributed by atoms with Gasteiger partial charge in [0.25, 0.3) is 0 Å². The van der Waals surface area contributed by atoms with Gasteiger partial charge in [0.2, 0.25) is 11.8 Å². The summed E-state index contributed by atoms with van der Waals surface area (Å²) in [7, 11) is 1.58. The quantitative estimate of drug-likeness (QED) is 0.850. The molecular formula is C18H26ClN3O3. The number of carbonyl (C=O) groups excluding carboxylic acids is 2. The molecule has 1 aromatic carbocycles. The molecule has 2 amide bonds. The van der Waals surface area contributed by atoms with Crippen LogP contribution in [0.2, 0.25) is 0 Å². The Balaban J connectivity index is 0.00000225. The molecule has 1 atom stereocenters. The Morgan fingerprint density at radius 2 is 1.92 bits per heavy atom. The highest BCUT2D eigenvalue weighted by Gasteiger charge is 2.37. The molecule has 1 saturated carbocycles. The maximum atomic E-state index is 12.5. The maximum absolute atomic E-state index is 12.5. The van der Waals surface area contributed by atoms with E-state index in [1.807, 2.05) is 24.3 Å². The molecule has 0 spiro atoms. The average Bonchev–Trinajstić information content (AvgIpc) is 2.98. The van der Waals surface area contributed by atoms with Crippen molar-refractivity contribution >= 4 is 29.9 Å². The molecule has 1 aliphatic carbocycles. The first-order valence-electron chi connectivity index (χ1n) is 8.58. The summed E-state index contributed by atoms with van der Waals surface area (Å²) in [5.74, 6) is 0.276. The fourth-order valence-corrected chi connectivity index (χ4v) is 3.55. The van der Waals surface area contributed by atoms with Crippen LogP contribution in [0.25, 0.3) is 0 Å². The van der Waals surface area contributed by atoms with Crippen LogP contribution in [-0.2, 0) is 9.59 Å². The normalized spacial score (nSPS) is 26.1. The Morgan fingerprint density at radius 3 is 2.60 bits per heavy atom. The first-order chi connectivity index (χ1) is 11.6. The number of nitrogens with two attached hydrogens (primary N) is 1. The number of hydrogen-bond acceptors (Lipinski definition) is 4. The van der Waals surface area contributed by atoms with Gasteiger partial charge < -0.3 is 20.7 Å². The van der Waals surface area contributed by atoms with Crippen molar-refractivity contribution < 1.29 is 14.3 Å². The average molecular weight is 368 g/mol. The lowest BCUT2D eigenvalue weighted by molar-refractivity contribution is -0.127. The molecule has 3 rings (SSSR count). The number of nitrogens with one attached hydrogen (secondary N) is 1. The number of halogens is 1. The van der Waals surface area contributed by atoms with E-state index in [9.17, 15) is 9.59 Å². The zero-order chi connectivity index (χ0) is 17.1. The van der Waals surface area contributed by atoms with E-state index >= 15 is 0 Å². The van der Waals surface area contributed by atoms with Crippen molar-refractivity contribution in [2.75, 3.05) is 18.6 Å².